The van der Waals surface area contributed by atoms with E-state index in [9.17, 15) is 4.79 Å². The van der Waals surface area contributed by atoms with Gasteiger partial charge in [-0.1, -0.05) is 24.3 Å². The van der Waals surface area contributed by atoms with Crippen molar-refractivity contribution in [3.05, 3.63) is 46.0 Å². The summed E-state index contributed by atoms with van der Waals surface area (Å²) in [6, 6.07) is 7.80. The number of rotatable bonds is 1. The summed E-state index contributed by atoms with van der Waals surface area (Å²) in [5, 5.41) is 9.82. The molecule has 0 atom stereocenters. The van der Waals surface area contributed by atoms with Crippen LogP contribution in [0.1, 0.15) is 0 Å². The van der Waals surface area contributed by atoms with Crippen molar-refractivity contribution in [2.24, 2.45) is 16.0 Å². The molecular formula is C11H7N3O. The molecule has 72 valence electrons. The molecule has 1 heterocycles. The average Bonchev–Trinajstić information content (AvgIpc) is 2.74. The summed E-state index contributed by atoms with van der Waals surface area (Å²) in [5.74, 6) is -0.534. The van der Waals surface area contributed by atoms with Crippen molar-refractivity contribution in [1.29, 1.82) is 0 Å². The summed E-state index contributed by atoms with van der Waals surface area (Å²) in [5.41, 5.74) is 6.94. The molecule has 0 fully saturated rings. The first-order valence-corrected chi connectivity index (χ1v) is 4.54. The number of hydrogen-bond acceptors (Lipinski definition) is 3. The molecule has 1 aliphatic carbocycles. The smallest absolute Gasteiger partial charge is 0.269 e. The molecule has 1 amide bonds. The molecule has 1 aromatic rings. The third-order valence-corrected chi connectivity index (χ3v) is 2.51. The number of nitrogens with zero attached hydrogens (tertiary/aromatic N) is 2. The molecule has 2 N–H and O–H groups in total. The van der Waals surface area contributed by atoms with Gasteiger partial charge in [-0.25, -0.2) is 0 Å². The monoisotopic (exact) mass is 197 g/mol. The zero-order valence-corrected chi connectivity index (χ0v) is 7.77. The van der Waals surface area contributed by atoms with Gasteiger partial charge in [0.2, 0.25) is 0 Å². The Morgan fingerprint density at radius 3 is 2.80 bits per heavy atom. The van der Waals surface area contributed by atoms with E-state index in [4.69, 9.17) is 5.73 Å². The Labute approximate surface area is 85.1 Å². The Balaban J connectivity index is 2.43. The highest BCUT2D eigenvalue weighted by Crippen LogP contribution is 2.27. The van der Waals surface area contributed by atoms with Crippen LogP contribution in [0.4, 0.5) is 0 Å². The van der Waals surface area contributed by atoms with Crippen LogP contribution in [0, 0.1) is 0 Å². The van der Waals surface area contributed by atoms with Crippen LogP contribution in [-0.4, -0.2) is 5.91 Å². The lowest BCUT2D eigenvalue weighted by atomic mass is 10.2. The number of benzene rings is 1. The van der Waals surface area contributed by atoms with Crippen molar-refractivity contribution in [2.75, 3.05) is 0 Å². The molecule has 15 heavy (non-hydrogen) atoms. The van der Waals surface area contributed by atoms with Crippen LogP contribution in [0.3, 0.4) is 0 Å². The van der Waals surface area contributed by atoms with Crippen molar-refractivity contribution in [3.63, 3.8) is 0 Å². The van der Waals surface area contributed by atoms with E-state index < -0.39 is 5.91 Å². The zero-order chi connectivity index (χ0) is 10.4. The molecule has 2 aliphatic rings. The number of fused-ring (bicyclic) bond motifs is 2. The predicted octanol–water partition coefficient (Wildman–Crippen LogP) is -0.206. The molecule has 4 heteroatoms. The second kappa shape index (κ2) is 2.63. The van der Waals surface area contributed by atoms with E-state index in [1.165, 1.54) is 0 Å². The summed E-state index contributed by atoms with van der Waals surface area (Å²) in [6.45, 7) is 0. The van der Waals surface area contributed by atoms with Gasteiger partial charge in [-0.3, -0.25) is 4.79 Å². The molecule has 0 unspecified atom stereocenters. The number of hydrogen-bond donors (Lipinski definition) is 1. The molecule has 0 radical (unpaired) electrons. The number of carbonyl (C=O) groups is 1. The number of carbonyl (C=O) groups excluding carboxylic acids is 1. The Bertz CT molecular complexity index is 653. The van der Waals surface area contributed by atoms with Gasteiger partial charge in [-0.05, 0) is 11.3 Å². The molecular weight excluding hydrogens is 190 g/mol. The first-order chi connectivity index (χ1) is 7.27. The largest absolute Gasteiger partial charge is 0.364 e. The van der Waals surface area contributed by atoms with Crippen molar-refractivity contribution in [1.82, 2.24) is 0 Å². The second-order valence-corrected chi connectivity index (χ2v) is 3.41. The number of azo groups is 1. The van der Waals surface area contributed by atoms with Crippen LogP contribution >= 0.6 is 0 Å². The van der Waals surface area contributed by atoms with Gasteiger partial charge in [-0.15, -0.1) is 10.2 Å². The van der Waals surface area contributed by atoms with E-state index in [1.807, 2.05) is 30.3 Å². The molecule has 1 aromatic carbocycles. The first kappa shape index (κ1) is 8.11. The lowest BCUT2D eigenvalue weighted by Gasteiger charge is -1.90. The minimum atomic E-state index is -0.534. The molecule has 3 rings (SSSR count). The average molecular weight is 197 g/mol. The van der Waals surface area contributed by atoms with Gasteiger partial charge < -0.3 is 5.73 Å². The van der Waals surface area contributed by atoms with Gasteiger partial charge in [0.25, 0.3) is 5.91 Å². The highest BCUT2D eigenvalue weighted by Gasteiger charge is 2.23. The fourth-order valence-corrected chi connectivity index (χ4v) is 1.83. The minimum absolute atomic E-state index is 0.251. The topological polar surface area (TPSA) is 67.8 Å². The van der Waals surface area contributed by atoms with E-state index in [0.29, 0.717) is 0 Å². The van der Waals surface area contributed by atoms with Gasteiger partial charge in [0.05, 0.1) is 0 Å². The summed E-state index contributed by atoms with van der Waals surface area (Å²) in [4.78, 5) is 11.1. The maximum Gasteiger partial charge on any atom is 0.269 e. The Morgan fingerprint density at radius 1 is 1.20 bits per heavy atom. The first-order valence-electron chi connectivity index (χ1n) is 4.54. The van der Waals surface area contributed by atoms with Crippen molar-refractivity contribution < 1.29 is 4.79 Å². The van der Waals surface area contributed by atoms with Crippen LogP contribution in [-0.2, 0) is 4.79 Å². The van der Waals surface area contributed by atoms with Gasteiger partial charge >= 0.3 is 0 Å². The fraction of sp³-hybridized carbons (Fsp3) is 0. The van der Waals surface area contributed by atoms with E-state index in [1.54, 1.807) is 0 Å². The predicted molar refractivity (Wildman–Crippen MR) is 54.6 cm³/mol. The third kappa shape index (κ3) is 0.985. The second-order valence-electron chi connectivity index (χ2n) is 3.41. The normalized spacial score (nSPS) is 16.4. The number of primary amides is 1. The van der Waals surface area contributed by atoms with Crippen LogP contribution in [0.5, 0.6) is 0 Å². The minimum Gasteiger partial charge on any atom is -0.364 e. The summed E-state index contributed by atoms with van der Waals surface area (Å²) < 4.78 is 0. The zero-order valence-electron chi connectivity index (χ0n) is 7.77. The Kier molecular flexibility index (Phi) is 1.42. The summed E-state index contributed by atoms with van der Waals surface area (Å²) in [7, 11) is 0. The van der Waals surface area contributed by atoms with E-state index in [2.05, 4.69) is 10.2 Å². The highest BCUT2D eigenvalue weighted by atomic mass is 16.1. The maximum atomic E-state index is 11.1. The van der Waals surface area contributed by atoms with E-state index in [0.717, 1.165) is 21.7 Å². The SMILES string of the molecule is NC(=O)C1=C2C=c3ccccc3=C2N=N1. The lowest BCUT2D eigenvalue weighted by Crippen LogP contribution is -2.21. The summed E-state index contributed by atoms with van der Waals surface area (Å²) >= 11 is 0. The van der Waals surface area contributed by atoms with Crippen molar-refractivity contribution >= 4 is 17.7 Å². The molecule has 0 saturated carbocycles. The molecule has 1 aliphatic heterocycles. The molecule has 0 saturated heterocycles. The molecule has 0 aromatic heterocycles. The maximum absolute atomic E-state index is 11.1. The molecule has 4 nitrogen and oxygen atoms in total. The van der Waals surface area contributed by atoms with Gasteiger partial charge in [0.1, 0.15) is 5.70 Å². The quantitative estimate of drug-likeness (QED) is 0.665. The summed E-state index contributed by atoms with van der Waals surface area (Å²) in [6.07, 6.45) is 1.89. The molecule has 0 spiro atoms. The van der Waals surface area contributed by atoms with Gasteiger partial charge in [0.15, 0.2) is 5.70 Å². The van der Waals surface area contributed by atoms with E-state index in [-0.39, 0.29) is 5.70 Å². The Hall–Kier alpha value is -2.23. The van der Waals surface area contributed by atoms with Crippen LogP contribution in [0.25, 0.3) is 11.8 Å². The molecule has 0 bridgehead atoms. The van der Waals surface area contributed by atoms with Crippen LogP contribution in [0.15, 0.2) is 45.8 Å². The van der Waals surface area contributed by atoms with Crippen molar-refractivity contribution in [2.45, 2.75) is 0 Å². The standard InChI is InChI=1S/C11H7N3O/c12-11(15)10-8-5-6-3-1-2-4-7(6)9(8)13-14-10/h1-5H,(H2,12,15). The fourth-order valence-electron chi connectivity index (χ4n) is 1.83. The van der Waals surface area contributed by atoms with Crippen LogP contribution in [0.2, 0.25) is 0 Å². The van der Waals surface area contributed by atoms with E-state index >= 15 is 0 Å². The Morgan fingerprint density at radius 2 is 2.00 bits per heavy atom. The number of nitrogens with two attached hydrogens (primary N) is 1. The third-order valence-electron chi connectivity index (χ3n) is 2.51. The van der Waals surface area contributed by atoms with Gasteiger partial charge in [-0.2, -0.15) is 0 Å². The number of amides is 1. The van der Waals surface area contributed by atoms with Crippen LogP contribution < -0.4 is 16.2 Å². The highest BCUT2D eigenvalue weighted by molar-refractivity contribution is 6.01. The van der Waals surface area contributed by atoms with Gasteiger partial charge in [0, 0.05) is 10.8 Å². The lowest BCUT2D eigenvalue weighted by molar-refractivity contribution is -0.114. The van der Waals surface area contributed by atoms with Crippen molar-refractivity contribution in [3.8, 4) is 0 Å².